The summed E-state index contributed by atoms with van der Waals surface area (Å²) in [5, 5.41) is 3.22. The highest BCUT2D eigenvalue weighted by Gasteiger charge is 2.36. The third-order valence-corrected chi connectivity index (χ3v) is 6.21. The van der Waals surface area contributed by atoms with Crippen LogP contribution in [-0.4, -0.2) is 54.5 Å². The van der Waals surface area contributed by atoms with E-state index in [1.54, 1.807) is 31.5 Å². The molecule has 10 heteroatoms. The fourth-order valence-electron chi connectivity index (χ4n) is 3.03. The van der Waals surface area contributed by atoms with Crippen LogP contribution in [0.4, 0.5) is 0 Å². The molecule has 0 amide bonds. The average molecular weight is 415 g/mol. The van der Waals surface area contributed by atoms with E-state index in [2.05, 4.69) is 10.3 Å². The third-order valence-electron chi connectivity index (χ3n) is 4.30. The number of carbonyl (C=O) groups is 1. The van der Waals surface area contributed by atoms with Crippen LogP contribution in [0.1, 0.15) is 29.1 Å². The molecule has 0 saturated carbocycles. The van der Waals surface area contributed by atoms with Gasteiger partial charge in [-0.1, -0.05) is 6.07 Å². The number of nitrogens with zero attached hydrogens (tertiary/aromatic N) is 3. The topological polar surface area (TPSA) is 93.5 Å². The van der Waals surface area contributed by atoms with Crippen LogP contribution in [-0.2, 0) is 21.8 Å². The quantitative estimate of drug-likeness (QED) is 0.742. The molecule has 1 aromatic carbocycles. The summed E-state index contributed by atoms with van der Waals surface area (Å²) in [5.74, 6) is 0.132. The number of esters is 1. The fourth-order valence-corrected chi connectivity index (χ4v) is 4.66. The molecule has 1 fully saturated rings. The minimum absolute atomic E-state index is 0. The number of halogens is 1. The Morgan fingerprint density at radius 2 is 2.19 bits per heavy atom. The summed E-state index contributed by atoms with van der Waals surface area (Å²) in [6, 6.07) is 5.54. The standard InChI is InChI=1S/C17H22N4O4S.ClH/c1-3-25-17(22)13-5-4-6-14(11-13)26(23,24)21-10-7-18-12-15(21)16-19-8-9-20(16)2;/h4-6,8-9,11,15,18H,3,7,10,12H2,1-2H3;1H. The van der Waals surface area contributed by atoms with Crippen molar-refractivity contribution in [3.05, 3.63) is 48.0 Å². The summed E-state index contributed by atoms with van der Waals surface area (Å²) >= 11 is 0. The molecule has 0 bridgehead atoms. The Kier molecular flexibility index (Phi) is 6.99. The number of rotatable bonds is 5. The highest BCUT2D eigenvalue weighted by molar-refractivity contribution is 7.89. The number of hydrogen-bond donors (Lipinski definition) is 1. The van der Waals surface area contributed by atoms with Gasteiger partial charge in [0, 0.05) is 39.1 Å². The number of nitrogens with one attached hydrogen (secondary N) is 1. The molecule has 1 aliphatic rings. The lowest BCUT2D eigenvalue weighted by atomic mass is 10.2. The minimum atomic E-state index is -3.79. The number of ether oxygens (including phenoxy) is 1. The lowest BCUT2D eigenvalue weighted by molar-refractivity contribution is 0.0526. The van der Waals surface area contributed by atoms with Crippen LogP contribution in [0.25, 0.3) is 0 Å². The molecule has 0 radical (unpaired) electrons. The average Bonchev–Trinajstić information content (AvgIpc) is 3.08. The first-order valence-electron chi connectivity index (χ1n) is 8.42. The molecule has 148 valence electrons. The molecular weight excluding hydrogens is 392 g/mol. The normalized spacial score (nSPS) is 17.9. The maximum Gasteiger partial charge on any atom is 0.338 e. The monoisotopic (exact) mass is 414 g/mol. The van der Waals surface area contributed by atoms with Crippen molar-refractivity contribution < 1.29 is 17.9 Å². The smallest absolute Gasteiger partial charge is 0.338 e. The van der Waals surface area contributed by atoms with Crippen LogP contribution < -0.4 is 5.32 Å². The van der Waals surface area contributed by atoms with Gasteiger partial charge in [0.2, 0.25) is 10.0 Å². The van der Waals surface area contributed by atoms with Gasteiger partial charge in [-0.05, 0) is 25.1 Å². The van der Waals surface area contributed by atoms with Crippen molar-refractivity contribution in [1.82, 2.24) is 19.2 Å². The SMILES string of the molecule is CCOC(=O)c1cccc(S(=O)(=O)N2CCNCC2c2nccn2C)c1.Cl. The van der Waals surface area contributed by atoms with Crippen molar-refractivity contribution in [3.8, 4) is 0 Å². The van der Waals surface area contributed by atoms with E-state index in [4.69, 9.17) is 4.74 Å². The predicted molar refractivity (Wildman–Crippen MR) is 102 cm³/mol. The Bertz CT molecular complexity index is 900. The second-order valence-electron chi connectivity index (χ2n) is 5.98. The van der Waals surface area contributed by atoms with E-state index in [0.29, 0.717) is 25.5 Å². The van der Waals surface area contributed by atoms with E-state index in [1.165, 1.54) is 16.4 Å². The number of sulfonamides is 1. The van der Waals surface area contributed by atoms with Crippen molar-refractivity contribution >= 4 is 28.4 Å². The molecule has 2 aromatic rings. The molecule has 3 rings (SSSR count). The Balaban J connectivity index is 0.00000261. The van der Waals surface area contributed by atoms with E-state index in [-0.39, 0.29) is 29.5 Å². The van der Waals surface area contributed by atoms with Gasteiger partial charge in [-0.2, -0.15) is 4.31 Å². The zero-order chi connectivity index (χ0) is 18.7. The van der Waals surface area contributed by atoms with Gasteiger partial charge >= 0.3 is 5.97 Å². The van der Waals surface area contributed by atoms with E-state index < -0.39 is 22.0 Å². The molecule has 1 atom stereocenters. The molecule has 0 spiro atoms. The highest BCUT2D eigenvalue weighted by atomic mass is 35.5. The van der Waals surface area contributed by atoms with Gasteiger partial charge in [0.05, 0.1) is 23.1 Å². The van der Waals surface area contributed by atoms with Gasteiger partial charge < -0.3 is 14.6 Å². The van der Waals surface area contributed by atoms with Crippen molar-refractivity contribution in [1.29, 1.82) is 0 Å². The van der Waals surface area contributed by atoms with Gasteiger partial charge in [0.15, 0.2) is 0 Å². The van der Waals surface area contributed by atoms with E-state index >= 15 is 0 Å². The summed E-state index contributed by atoms with van der Waals surface area (Å²) in [6.07, 6.45) is 3.44. The Hall–Kier alpha value is -1.94. The maximum atomic E-state index is 13.2. The molecule has 1 aromatic heterocycles. The number of aromatic nitrogens is 2. The second kappa shape index (κ2) is 8.83. The van der Waals surface area contributed by atoms with Crippen molar-refractivity contribution in [2.24, 2.45) is 7.05 Å². The molecule has 1 aliphatic heterocycles. The minimum Gasteiger partial charge on any atom is -0.462 e. The zero-order valence-electron chi connectivity index (χ0n) is 15.2. The van der Waals surface area contributed by atoms with Crippen LogP contribution >= 0.6 is 12.4 Å². The number of carbonyl (C=O) groups excluding carboxylic acids is 1. The summed E-state index contributed by atoms with van der Waals surface area (Å²) in [6.45, 7) is 3.29. The Morgan fingerprint density at radius 1 is 1.41 bits per heavy atom. The van der Waals surface area contributed by atoms with Gasteiger partial charge in [-0.25, -0.2) is 18.2 Å². The lowest BCUT2D eigenvalue weighted by Gasteiger charge is -2.34. The van der Waals surface area contributed by atoms with Crippen LogP contribution in [0, 0.1) is 0 Å². The van der Waals surface area contributed by atoms with Crippen molar-refractivity contribution in [3.63, 3.8) is 0 Å². The molecule has 1 unspecified atom stereocenters. The van der Waals surface area contributed by atoms with Crippen molar-refractivity contribution in [2.45, 2.75) is 17.9 Å². The molecule has 1 N–H and O–H groups in total. The van der Waals surface area contributed by atoms with Crippen LogP contribution in [0.15, 0.2) is 41.6 Å². The molecule has 27 heavy (non-hydrogen) atoms. The van der Waals surface area contributed by atoms with Gasteiger partial charge in [-0.3, -0.25) is 0 Å². The van der Waals surface area contributed by atoms with Gasteiger partial charge in [0.1, 0.15) is 5.82 Å². The summed E-state index contributed by atoms with van der Waals surface area (Å²) in [4.78, 5) is 16.3. The third kappa shape index (κ3) is 4.32. The number of piperazine rings is 1. The Labute approximate surface area is 165 Å². The number of imidazole rings is 1. The van der Waals surface area contributed by atoms with Crippen molar-refractivity contribution in [2.75, 3.05) is 26.2 Å². The second-order valence-corrected chi connectivity index (χ2v) is 7.87. The van der Waals surface area contributed by atoms with Gasteiger partial charge in [-0.15, -0.1) is 12.4 Å². The first-order valence-corrected chi connectivity index (χ1v) is 9.86. The summed E-state index contributed by atoms with van der Waals surface area (Å²) in [7, 11) is -1.96. The van der Waals surface area contributed by atoms with E-state index in [0.717, 1.165) is 0 Å². The number of aryl methyl sites for hydroxylation is 1. The number of hydrogen-bond acceptors (Lipinski definition) is 6. The molecule has 8 nitrogen and oxygen atoms in total. The first-order chi connectivity index (χ1) is 12.4. The highest BCUT2D eigenvalue weighted by Crippen LogP contribution is 2.28. The molecule has 1 saturated heterocycles. The number of benzene rings is 1. The largest absolute Gasteiger partial charge is 0.462 e. The molecular formula is C17H23ClN4O4S. The Morgan fingerprint density at radius 3 is 2.85 bits per heavy atom. The van der Waals surface area contributed by atoms with Crippen LogP contribution in [0.5, 0.6) is 0 Å². The van der Waals surface area contributed by atoms with Crippen LogP contribution in [0.2, 0.25) is 0 Å². The maximum absolute atomic E-state index is 13.2. The molecule has 2 heterocycles. The van der Waals surface area contributed by atoms with Crippen LogP contribution in [0.3, 0.4) is 0 Å². The van der Waals surface area contributed by atoms with E-state index in [9.17, 15) is 13.2 Å². The summed E-state index contributed by atoms with van der Waals surface area (Å²) < 4.78 is 34.7. The predicted octanol–water partition coefficient (Wildman–Crippen LogP) is 1.35. The van der Waals surface area contributed by atoms with Gasteiger partial charge in [0.25, 0.3) is 0 Å². The fraction of sp³-hybridized carbons (Fsp3) is 0.412. The van der Waals surface area contributed by atoms with E-state index in [1.807, 2.05) is 11.6 Å². The summed E-state index contributed by atoms with van der Waals surface area (Å²) in [5.41, 5.74) is 0.219. The lowest BCUT2D eigenvalue weighted by Crippen LogP contribution is -2.49. The molecule has 0 aliphatic carbocycles. The zero-order valence-corrected chi connectivity index (χ0v) is 16.8. The first kappa shape index (κ1) is 21.4.